The number of methoxy groups -OCH3 is 1. The molecule has 2 aromatic heterocycles. The van der Waals surface area contributed by atoms with Gasteiger partial charge in [0.2, 0.25) is 0 Å². The van der Waals surface area contributed by atoms with Crippen molar-refractivity contribution in [2.24, 2.45) is 0 Å². The smallest absolute Gasteiger partial charge is 0.170 e. The van der Waals surface area contributed by atoms with Gasteiger partial charge in [-0.25, -0.2) is 0 Å². The number of ether oxygens (including phenoxy) is 1. The van der Waals surface area contributed by atoms with Crippen LogP contribution in [0.4, 0.5) is 0 Å². The average molecular weight is 485 g/mol. The second-order valence-corrected chi connectivity index (χ2v) is 9.17. The molecule has 0 aliphatic carbocycles. The first-order chi connectivity index (χ1) is 17.0. The fourth-order valence-electron chi connectivity index (χ4n) is 4.93. The van der Waals surface area contributed by atoms with Crippen molar-refractivity contribution in [3.63, 3.8) is 0 Å². The number of hydrogen-bond acceptors (Lipinski definition) is 4. The molecule has 0 saturated carbocycles. The quantitative estimate of drug-likeness (QED) is 0.359. The van der Waals surface area contributed by atoms with Gasteiger partial charge in [-0.05, 0) is 91.8 Å². The zero-order valence-electron chi connectivity index (χ0n) is 20.0. The van der Waals surface area contributed by atoms with Crippen molar-refractivity contribution in [2.45, 2.75) is 32.5 Å². The Kier molecular flexibility index (Phi) is 6.17. The molecule has 7 heteroatoms. The molecule has 0 radical (unpaired) electrons. The maximum Gasteiger partial charge on any atom is 0.170 e. The van der Waals surface area contributed by atoms with E-state index in [4.69, 9.17) is 17.0 Å². The highest BCUT2D eigenvalue weighted by atomic mass is 32.1. The van der Waals surface area contributed by atoms with E-state index < -0.39 is 0 Å². The van der Waals surface area contributed by atoms with Crippen LogP contribution in [-0.4, -0.2) is 31.8 Å². The Labute approximate surface area is 210 Å². The number of aryl methyl sites for hydroxylation is 1. The first-order valence-electron chi connectivity index (χ1n) is 11.6. The first kappa shape index (κ1) is 22.9. The molecule has 5 rings (SSSR count). The molecule has 2 aromatic carbocycles. The summed E-state index contributed by atoms with van der Waals surface area (Å²) < 4.78 is 7.55. The Bertz CT molecular complexity index is 1330. The van der Waals surface area contributed by atoms with Crippen LogP contribution in [0, 0.1) is 13.8 Å². The van der Waals surface area contributed by atoms with Crippen molar-refractivity contribution in [2.75, 3.05) is 7.11 Å². The summed E-state index contributed by atoms with van der Waals surface area (Å²) in [6, 6.07) is 23.5. The zero-order valence-corrected chi connectivity index (χ0v) is 20.8. The summed E-state index contributed by atoms with van der Waals surface area (Å²) in [5, 5.41) is 14.0. The highest BCUT2D eigenvalue weighted by Gasteiger charge is 2.41. The molecular weight excluding hydrogens is 456 g/mol. The predicted octanol–water partition coefficient (Wildman–Crippen LogP) is 5.38. The number of rotatable bonds is 6. The van der Waals surface area contributed by atoms with Crippen molar-refractivity contribution in [3.8, 4) is 17.2 Å². The molecule has 0 amide bonds. The number of nitrogens with zero attached hydrogens (tertiary/aromatic N) is 3. The third-order valence-corrected chi connectivity index (χ3v) is 6.96. The van der Waals surface area contributed by atoms with E-state index >= 15 is 0 Å². The van der Waals surface area contributed by atoms with E-state index in [-0.39, 0.29) is 17.8 Å². The van der Waals surface area contributed by atoms with Crippen LogP contribution in [0.3, 0.4) is 0 Å². The normalized spacial score (nSPS) is 17.5. The van der Waals surface area contributed by atoms with Crippen molar-refractivity contribution in [1.82, 2.24) is 19.8 Å². The second-order valence-electron chi connectivity index (χ2n) is 8.78. The van der Waals surface area contributed by atoms with Crippen LogP contribution in [0.2, 0.25) is 0 Å². The number of phenolic OH excluding ortho intramolecular Hbond substituents is 1. The second kappa shape index (κ2) is 9.43. The van der Waals surface area contributed by atoms with Crippen LogP contribution in [0.15, 0.2) is 79.0 Å². The lowest BCUT2D eigenvalue weighted by Crippen LogP contribution is -2.29. The third kappa shape index (κ3) is 4.35. The van der Waals surface area contributed by atoms with E-state index in [0.29, 0.717) is 11.7 Å². The number of aromatic nitrogens is 2. The van der Waals surface area contributed by atoms with Gasteiger partial charge in [-0.1, -0.05) is 18.2 Å². The highest BCUT2D eigenvalue weighted by molar-refractivity contribution is 7.80. The Morgan fingerprint density at radius 1 is 1.03 bits per heavy atom. The number of benzene rings is 2. The van der Waals surface area contributed by atoms with Gasteiger partial charge in [0.1, 0.15) is 11.5 Å². The average Bonchev–Trinajstić information content (AvgIpc) is 3.35. The molecule has 4 aromatic rings. The van der Waals surface area contributed by atoms with E-state index in [1.807, 2.05) is 48.7 Å². The standard InChI is InChI=1S/C28H28N4O2S/c1-18-16-24(19(2)32(18)21-9-11-22(33)12-10-21)27-26(25-6-4-5-15-29-25)30-28(35)31(27)17-20-7-13-23(34-3)14-8-20/h4-16,26-27,33H,17H2,1-3H3,(H,30,35)/t26-,27+/m1/s1. The fourth-order valence-corrected chi connectivity index (χ4v) is 5.23. The van der Waals surface area contributed by atoms with Crippen LogP contribution in [0.25, 0.3) is 5.69 Å². The first-order valence-corrected chi connectivity index (χ1v) is 12.0. The van der Waals surface area contributed by atoms with E-state index in [1.165, 1.54) is 5.56 Å². The monoisotopic (exact) mass is 484 g/mol. The lowest BCUT2D eigenvalue weighted by Gasteiger charge is -2.28. The zero-order chi connectivity index (χ0) is 24.5. The van der Waals surface area contributed by atoms with E-state index in [0.717, 1.165) is 34.1 Å². The van der Waals surface area contributed by atoms with Crippen LogP contribution in [0.1, 0.15) is 40.3 Å². The number of nitrogens with one attached hydrogen (secondary N) is 1. The lowest BCUT2D eigenvalue weighted by molar-refractivity contribution is 0.310. The van der Waals surface area contributed by atoms with Crippen LogP contribution >= 0.6 is 12.2 Å². The van der Waals surface area contributed by atoms with Crippen LogP contribution in [0.5, 0.6) is 11.5 Å². The number of thiocarbonyl (C=S) groups is 1. The molecule has 1 saturated heterocycles. The van der Waals surface area contributed by atoms with Crippen molar-refractivity contribution in [3.05, 3.63) is 107 Å². The van der Waals surface area contributed by atoms with Gasteiger partial charge in [-0.15, -0.1) is 0 Å². The Morgan fingerprint density at radius 2 is 1.77 bits per heavy atom. The predicted molar refractivity (Wildman–Crippen MR) is 141 cm³/mol. The minimum Gasteiger partial charge on any atom is -0.508 e. The number of pyridine rings is 1. The summed E-state index contributed by atoms with van der Waals surface area (Å²) in [4.78, 5) is 6.91. The molecule has 178 valence electrons. The Balaban J connectivity index is 1.59. The molecule has 1 aliphatic rings. The molecule has 0 unspecified atom stereocenters. The van der Waals surface area contributed by atoms with E-state index in [9.17, 15) is 5.11 Å². The molecular formula is C28H28N4O2S. The van der Waals surface area contributed by atoms with Crippen LogP contribution in [-0.2, 0) is 6.54 Å². The largest absolute Gasteiger partial charge is 0.508 e. The maximum absolute atomic E-state index is 9.76. The summed E-state index contributed by atoms with van der Waals surface area (Å²) in [6.45, 7) is 4.90. The number of hydrogen-bond donors (Lipinski definition) is 2. The summed E-state index contributed by atoms with van der Waals surface area (Å²) in [5.74, 6) is 1.08. The Hall–Kier alpha value is -3.84. The van der Waals surface area contributed by atoms with Gasteiger partial charge in [-0.3, -0.25) is 4.98 Å². The summed E-state index contributed by atoms with van der Waals surface area (Å²) in [6.07, 6.45) is 1.82. The fraction of sp³-hybridized carbons (Fsp3) is 0.214. The van der Waals surface area contributed by atoms with Gasteiger partial charge in [0.25, 0.3) is 0 Å². The molecule has 35 heavy (non-hydrogen) atoms. The summed E-state index contributed by atoms with van der Waals surface area (Å²) in [5.41, 5.74) is 6.54. The van der Waals surface area contributed by atoms with Gasteiger partial charge >= 0.3 is 0 Å². The van der Waals surface area contributed by atoms with Gasteiger partial charge in [0.05, 0.1) is 24.9 Å². The topological polar surface area (TPSA) is 62.5 Å². The van der Waals surface area contributed by atoms with E-state index in [1.54, 1.807) is 19.2 Å². The van der Waals surface area contributed by atoms with Crippen LogP contribution < -0.4 is 10.1 Å². The van der Waals surface area contributed by atoms with Crippen molar-refractivity contribution < 1.29 is 9.84 Å². The lowest BCUT2D eigenvalue weighted by atomic mass is 9.96. The molecule has 1 aliphatic heterocycles. The highest BCUT2D eigenvalue weighted by Crippen LogP contribution is 2.42. The van der Waals surface area contributed by atoms with Gasteiger partial charge < -0.3 is 24.6 Å². The molecule has 2 atom stereocenters. The molecule has 3 heterocycles. The molecule has 6 nitrogen and oxygen atoms in total. The minimum atomic E-state index is -0.0873. The van der Waals surface area contributed by atoms with Crippen molar-refractivity contribution in [1.29, 1.82) is 0 Å². The maximum atomic E-state index is 9.76. The molecule has 2 N–H and O–H groups in total. The minimum absolute atomic E-state index is 0.0448. The number of phenols is 1. The summed E-state index contributed by atoms with van der Waals surface area (Å²) in [7, 11) is 1.67. The van der Waals surface area contributed by atoms with Gasteiger partial charge in [0, 0.05) is 29.8 Å². The van der Waals surface area contributed by atoms with E-state index in [2.05, 4.69) is 51.8 Å². The summed E-state index contributed by atoms with van der Waals surface area (Å²) >= 11 is 5.86. The van der Waals surface area contributed by atoms with Crippen molar-refractivity contribution >= 4 is 17.3 Å². The van der Waals surface area contributed by atoms with Gasteiger partial charge in [-0.2, -0.15) is 0 Å². The van der Waals surface area contributed by atoms with Gasteiger partial charge in [0.15, 0.2) is 5.11 Å². The number of aromatic hydroxyl groups is 1. The molecule has 0 bridgehead atoms. The molecule has 1 fully saturated rings. The third-order valence-electron chi connectivity index (χ3n) is 6.61. The Morgan fingerprint density at radius 3 is 2.43 bits per heavy atom. The molecule has 0 spiro atoms. The SMILES string of the molecule is COc1ccc(CN2C(=S)N[C@H](c3ccccn3)[C@@H]2c2cc(C)n(-c3ccc(O)cc3)c2C)cc1.